The van der Waals surface area contributed by atoms with Gasteiger partial charge in [-0.05, 0) is 72.5 Å². The van der Waals surface area contributed by atoms with Crippen LogP contribution in [0.5, 0.6) is 0 Å². The highest BCUT2D eigenvalue weighted by atomic mass is 16.6. The van der Waals surface area contributed by atoms with Gasteiger partial charge in [-0.3, -0.25) is 9.80 Å². The second-order valence-electron chi connectivity index (χ2n) is 7.99. The fourth-order valence-corrected chi connectivity index (χ4v) is 3.54. The third kappa shape index (κ3) is 3.56. The van der Waals surface area contributed by atoms with Gasteiger partial charge in [-0.1, -0.05) is 6.07 Å². The van der Waals surface area contributed by atoms with Gasteiger partial charge in [0, 0.05) is 23.8 Å². The van der Waals surface area contributed by atoms with Crippen molar-refractivity contribution in [1.82, 2.24) is 9.88 Å². The highest BCUT2D eigenvalue weighted by Crippen LogP contribution is 2.38. The number of hydrogen-bond donors (Lipinski definition) is 0. The summed E-state index contributed by atoms with van der Waals surface area (Å²) in [5, 5.41) is 0. The molecule has 5 nitrogen and oxygen atoms in total. The summed E-state index contributed by atoms with van der Waals surface area (Å²) in [5.41, 5.74) is 0.647. The van der Waals surface area contributed by atoms with E-state index in [1.54, 1.807) is 6.20 Å². The lowest BCUT2D eigenvalue weighted by molar-refractivity contribution is 0.0547. The van der Waals surface area contributed by atoms with Crippen LogP contribution in [-0.4, -0.2) is 41.2 Å². The lowest BCUT2D eigenvalue weighted by Gasteiger charge is -2.39. The molecular weight excluding hydrogens is 302 g/mol. The number of nitrogens with zero attached hydrogens (tertiary/aromatic N) is 3. The van der Waals surface area contributed by atoms with Crippen LogP contribution < -0.4 is 4.90 Å². The quantitative estimate of drug-likeness (QED) is 0.835. The first kappa shape index (κ1) is 17.2. The molecule has 3 rings (SSSR count). The van der Waals surface area contributed by atoms with Crippen LogP contribution in [0.2, 0.25) is 0 Å². The van der Waals surface area contributed by atoms with Crippen LogP contribution in [0, 0.1) is 0 Å². The van der Waals surface area contributed by atoms with Crippen molar-refractivity contribution in [3.63, 3.8) is 0 Å². The van der Waals surface area contributed by atoms with E-state index in [1.165, 1.54) is 6.42 Å². The molecule has 0 radical (unpaired) electrons. The SMILES string of the molecule is CN1CCC[C@H]1c1cccnc1N(C(=O)OC(C)(C)C)C1CCC1. The summed E-state index contributed by atoms with van der Waals surface area (Å²) in [4.78, 5) is 21.7. The van der Waals surface area contributed by atoms with Gasteiger partial charge in [-0.2, -0.15) is 0 Å². The van der Waals surface area contributed by atoms with Gasteiger partial charge in [0.1, 0.15) is 11.4 Å². The van der Waals surface area contributed by atoms with Crippen LogP contribution >= 0.6 is 0 Å². The summed E-state index contributed by atoms with van der Waals surface area (Å²) in [7, 11) is 2.15. The van der Waals surface area contributed by atoms with E-state index >= 15 is 0 Å². The van der Waals surface area contributed by atoms with Crippen LogP contribution in [0.25, 0.3) is 0 Å². The van der Waals surface area contributed by atoms with Gasteiger partial charge in [0.05, 0.1) is 0 Å². The first-order chi connectivity index (χ1) is 11.4. The second kappa shape index (κ2) is 6.71. The molecule has 0 unspecified atom stereocenters. The van der Waals surface area contributed by atoms with Crippen LogP contribution in [0.3, 0.4) is 0 Å². The van der Waals surface area contributed by atoms with Gasteiger partial charge in [-0.15, -0.1) is 0 Å². The van der Waals surface area contributed by atoms with Gasteiger partial charge in [-0.25, -0.2) is 9.78 Å². The minimum atomic E-state index is -0.502. The van der Waals surface area contributed by atoms with Gasteiger partial charge in [0.2, 0.25) is 0 Å². The average Bonchev–Trinajstić information content (AvgIpc) is 2.87. The number of anilines is 1. The molecule has 0 aromatic carbocycles. The molecular formula is C19H29N3O2. The Morgan fingerprint density at radius 2 is 2.04 bits per heavy atom. The van der Waals surface area contributed by atoms with Crippen molar-refractivity contribution >= 4 is 11.9 Å². The van der Waals surface area contributed by atoms with Crippen molar-refractivity contribution in [1.29, 1.82) is 0 Å². The number of pyridine rings is 1. The molecule has 2 aliphatic rings. The van der Waals surface area contributed by atoms with E-state index in [2.05, 4.69) is 23.0 Å². The Morgan fingerprint density at radius 1 is 1.29 bits per heavy atom. The van der Waals surface area contributed by atoms with E-state index < -0.39 is 5.60 Å². The molecule has 0 spiro atoms. The Kier molecular flexibility index (Phi) is 4.81. The minimum absolute atomic E-state index is 0.209. The normalized spacial score (nSPS) is 22.2. The van der Waals surface area contributed by atoms with Crippen molar-refractivity contribution in [2.24, 2.45) is 0 Å². The molecule has 5 heteroatoms. The fourth-order valence-electron chi connectivity index (χ4n) is 3.54. The number of ether oxygens (including phenoxy) is 1. The fraction of sp³-hybridized carbons (Fsp3) is 0.684. The van der Waals surface area contributed by atoms with Crippen LogP contribution in [-0.2, 0) is 4.74 Å². The Morgan fingerprint density at radius 3 is 2.58 bits per heavy atom. The molecule has 1 aliphatic carbocycles. The van der Waals surface area contributed by atoms with E-state index in [9.17, 15) is 4.79 Å². The highest BCUT2D eigenvalue weighted by molar-refractivity contribution is 5.88. The zero-order valence-electron chi connectivity index (χ0n) is 15.3. The summed E-state index contributed by atoms with van der Waals surface area (Å²) < 4.78 is 5.69. The largest absolute Gasteiger partial charge is 0.443 e. The van der Waals surface area contributed by atoms with Gasteiger partial charge in [0.15, 0.2) is 0 Å². The molecule has 0 N–H and O–H groups in total. The number of carbonyl (C=O) groups excluding carboxylic acids is 1. The topological polar surface area (TPSA) is 45.7 Å². The molecule has 1 aliphatic heterocycles. The first-order valence-corrected chi connectivity index (χ1v) is 9.04. The molecule has 132 valence electrons. The summed E-state index contributed by atoms with van der Waals surface area (Å²) in [6.45, 7) is 6.82. The van der Waals surface area contributed by atoms with E-state index in [0.29, 0.717) is 6.04 Å². The van der Waals surface area contributed by atoms with Gasteiger partial charge in [0.25, 0.3) is 0 Å². The van der Waals surface area contributed by atoms with E-state index in [-0.39, 0.29) is 12.1 Å². The molecule has 1 aromatic heterocycles. The summed E-state index contributed by atoms with van der Waals surface area (Å²) in [6, 6.07) is 4.63. The Hall–Kier alpha value is -1.62. The molecule has 0 bridgehead atoms. The van der Waals surface area contributed by atoms with E-state index in [4.69, 9.17) is 4.74 Å². The standard InChI is InChI=1S/C19H29N3O2/c1-19(2,3)24-18(23)22(14-8-5-9-14)17-15(10-6-12-20-17)16-11-7-13-21(16)4/h6,10,12,14,16H,5,7-9,11,13H2,1-4H3/t16-/m0/s1. The molecule has 1 aromatic rings. The maximum Gasteiger partial charge on any atom is 0.416 e. The zero-order chi connectivity index (χ0) is 17.3. The predicted octanol–water partition coefficient (Wildman–Crippen LogP) is 4.14. The molecule has 2 heterocycles. The van der Waals surface area contributed by atoms with Gasteiger partial charge < -0.3 is 4.74 Å². The minimum Gasteiger partial charge on any atom is -0.443 e. The summed E-state index contributed by atoms with van der Waals surface area (Å²) in [6.07, 6.45) is 7.02. The monoisotopic (exact) mass is 331 g/mol. The van der Waals surface area contributed by atoms with Gasteiger partial charge >= 0.3 is 6.09 Å². The second-order valence-corrected chi connectivity index (χ2v) is 7.99. The first-order valence-electron chi connectivity index (χ1n) is 9.04. The lowest BCUT2D eigenvalue weighted by Crippen LogP contribution is -2.47. The Bertz CT molecular complexity index is 593. The molecule has 2 fully saturated rings. The lowest BCUT2D eigenvalue weighted by atomic mass is 9.91. The molecule has 1 saturated carbocycles. The predicted molar refractivity (Wildman–Crippen MR) is 95.2 cm³/mol. The number of aromatic nitrogens is 1. The molecule has 1 atom stereocenters. The van der Waals surface area contributed by atoms with Crippen molar-refractivity contribution in [2.45, 2.75) is 70.6 Å². The zero-order valence-corrected chi connectivity index (χ0v) is 15.3. The third-order valence-electron chi connectivity index (χ3n) is 4.95. The van der Waals surface area contributed by atoms with E-state index in [0.717, 1.165) is 43.6 Å². The van der Waals surface area contributed by atoms with Crippen LogP contribution in [0.15, 0.2) is 18.3 Å². The van der Waals surface area contributed by atoms with Crippen LogP contribution in [0.4, 0.5) is 10.6 Å². The number of carbonyl (C=O) groups is 1. The van der Waals surface area contributed by atoms with Crippen molar-refractivity contribution in [3.05, 3.63) is 23.9 Å². The average molecular weight is 331 g/mol. The van der Waals surface area contributed by atoms with Crippen molar-refractivity contribution in [3.8, 4) is 0 Å². The maximum atomic E-state index is 12.9. The third-order valence-corrected chi connectivity index (χ3v) is 4.95. The van der Waals surface area contributed by atoms with E-state index in [1.807, 2.05) is 31.7 Å². The molecule has 1 amide bonds. The highest BCUT2D eigenvalue weighted by Gasteiger charge is 2.37. The molecule has 24 heavy (non-hydrogen) atoms. The Balaban J connectivity index is 1.94. The number of hydrogen-bond acceptors (Lipinski definition) is 4. The Labute approximate surface area is 145 Å². The number of rotatable bonds is 3. The van der Waals surface area contributed by atoms with Crippen LogP contribution in [0.1, 0.15) is 64.5 Å². The number of likely N-dealkylation sites (tertiary alicyclic amines) is 1. The maximum absolute atomic E-state index is 12.9. The summed E-state index contributed by atoms with van der Waals surface area (Å²) in [5.74, 6) is 0.787. The van der Waals surface area contributed by atoms with Crippen molar-refractivity contribution < 1.29 is 9.53 Å². The smallest absolute Gasteiger partial charge is 0.416 e. The van der Waals surface area contributed by atoms with Crippen molar-refractivity contribution in [2.75, 3.05) is 18.5 Å². The summed E-state index contributed by atoms with van der Waals surface area (Å²) >= 11 is 0. The number of amides is 1. The molecule has 1 saturated heterocycles.